The third kappa shape index (κ3) is 30.7. The predicted molar refractivity (Wildman–Crippen MR) is 190 cm³/mol. The van der Waals surface area contributed by atoms with Crippen molar-refractivity contribution in [1.29, 1.82) is 0 Å². The standard InChI is InChI=1S/C38H70N2O7/c1-3-5-7-9-11-13-14-16-22-26-30-37(44)47-33(27-23-19-15-12-10-8-6-4-2)28-24-20-17-18-21-25-29-35(42)39-31-36(43)40-34(32-41)38(45)46/h23,27,33-34,41H,3-22,24-26,28-32H2,1-2H3,(H,39,42)(H,40,43)(H,45,46)/b27-23-. The number of hydrogen-bond donors (Lipinski definition) is 4. The van der Waals surface area contributed by atoms with E-state index in [1.807, 2.05) is 0 Å². The molecule has 2 amide bonds. The van der Waals surface area contributed by atoms with Gasteiger partial charge in [-0.25, -0.2) is 4.79 Å². The highest BCUT2D eigenvalue weighted by molar-refractivity contribution is 5.87. The van der Waals surface area contributed by atoms with Crippen molar-refractivity contribution < 1.29 is 34.1 Å². The van der Waals surface area contributed by atoms with E-state index in [-0.39, 0.29) is 24.5 Å². The summed E-state index contributed by atoms with van der Waals surface area (Å²) in [4.78, 5) is 47.2. The lowest BCUT2D eigenvalue weighted by Crippen LogP contribution is -2.47. The van der Waals surface area contributed by atoms with Gasteiger partial charge >= 0.3 is 11.9 Å². The summed E-state index contributed by atoms with van der Waals surface area (Å²) in [5.74, 6) is -2.32. The minimum Gasteiger partial charge on any atom is -0.480 e. The first kappa shape index (κ1) is 44.6. The summed E-state index contributed by atoms with van der Waals surface area (Å²) in [6.45, 7) is 3.45. The highest BCUT2D eigenvalue weighted by atomic mass is 16.5. The Labute approximate surface area is 286 Å². The second kappa shape index (κ2) is 33.5. The highest BCUT2D eigenvalue weighted by Crippen LogP contribution is 2.16. The van der Waals surface area contributed by atoms with E-state index in [9.17, 15) is 19.2 Å². The van der Waals surface area contributed by atoms with Crippen LogP contribution in [0.5, 0.6) is 0 Å². The number of ether oxygens (including phenoxy) is 1. The molecule has 0 fully saturated rings. The minimum atomic E-state index is -1.38. The molecule has 9 nitrogen and oxygen atoms in total. The van der Waals surface area contributed by atoms with Gasteiger partial charge < -0.3 is 25.6 Å². The summed E-state index contributed by atoms with van der Waals surface area (Å²) in [6.07, 6.45) is 32.6. The van der Waals surface area contributed by atoms with E-state index in [4.69, 9.17) is 14.9 Å². The Balaban J connectivity index is 4.24. The number of carboxylic acids is 1. The molecule has 47 heavy (non-hydrogen) atoms. The highest BCUT2D eigenvalue weighted by Gasteiger charge is 2.18. The minimum absolute atomic E-state index is 0.0790. The van der Waals surface area contributed by atoms with Gasteiger partial charge in [0, 0.05) is 12.8 Å². The number of allylic oxidation sites excluding steroid dienone is 1. The van der Waals surface area contributed by atoms with E-state index in [0.717, 1.165) is 57.8 Å². The van der Waals surface area contributed by atoms with Gasteiger partial charge in [-0.2, -0.15) is 0 Å². The van der Waals surface area contributed by atoms with Crippen molar-refractivity contribution in [2.45, 2.75) is 193 Å². The fraction of sp³-hybridized carbons (Fsp3) is 0.842. The van der Waals surface area contributed by atoms with Gasteiger partial charge in [-0.1, -0.05) is 135 Å². The van der Waals surface area contributed by atoms with Gasteiger partial charge in [-0.05, 0) is 44.6 Å². The Morgan fingerprint density at radius 1 is 0.638 bits per heavy atom. The molecular weight excluding hydrogens is 596 g/mol. The Kier molecular flexibility index (Phi) is 31.8. The SMILES string of the molecule is CCCCCCCC/C=C\C(CCCCCCCCC(=O)NCC(=O)NC(CO)C(=O)O)OC(=O)CCCCCCCCCCCC. The molecule has 0 aromatic heterocycles. The molecule has 0 radical (unpaired) electrons. The molecule has 0 rings (SSSR count). The molecule has 2 atom stereocenters. The third-order valence-electron chi connectivity index (χ3n) is 8.50. The van der Waals surface area contributed by atoms with Crippen LogP contribution in [0.2, 0.25) is 0 Å². The van der Waals surface area contributed by atoms with Crippen molar-refractivity contribution in [3.63, 3.8) is 0 Å². The summed E-state index contributed by atoms with van der Waals surface area (Å²) in [5, 5.41) is 22.4. The van der Waals surface area contributed by atoms with Crippen molar-refractivity contribution in [1.82, 2.24) is 10.6 Å². The molecule has 0 aliphatic rings. The van der Waals surface area contributed by atoms with Crippen molar-refractivity contribution in [3.05, 3.63) is 12.2 Å². The molecular formula is C38H70N2O7. The number of aliphatic hydroxyl groups is 1. The number of aliphatic hydroxyl groups excluding tert-OH is 1. The average Bonchev–Trinajstić information content (AvgIpc) is 3.05. The lowest BCUT2D eigenvalue weighted by atomic mass is 10.0. The molecule has 4 N–H and O–H groups in total. The van der Waals surface area contributed by atoms with Crippen LogP contribution in [0.25, 0.3) is 0 Å². The van der Waals surface area contributed by atoms with Crippen molar-refractivity contribution in [2.75, 3.05) is 13.2 Å². The number of carbonyl (C=O) groups is 4. The largest absolute Gasteiger partial charge is 0.480 e. The summed E-state index contributed by atoms with van der Waals surface area (Å²) in [7, 11) is 0. The van der Waals surface area contributed by atoms with Gasteiger partial charge in [0.15, 0.2) is 0 Å². The Morgan fingerprint density at radius 3 is 1.66 bits per heavy atom. The number of carboxylic acid groups (broad SMARTS) is 1. The number of unbranched alkanes of at least 4 members (excludes halogenated alkanes) is 20. The van der Waals surface area contributed by atoms with Gasteiger partial charge in [-0.15, -0.1) is 0 Å². The number of nitrogens with one attached hydrogen (secondary N) is 2. The topological polar surface area (TPSA) is 142 Å². The number of rotatable bonds is 34. The van der Waals surface area contributed by atoms with Crippen LogP contribution in [0.1, 0.15) is 181 Å². The third-order valence-corrected chi connectivity index (χ3v) is 8.50. The number of carbonyl (C=O) groups excluding carboxylic acids is 3. The van der Waals surface area contributed by atoms with Gasteiger partial charge in [0.2, 0.25) is 11.8 Å². The number of aliphatic carboxylic acids is 1. The molecule has 0 heterocycles. The van der Waals surface area contributed by atoms with E-state index < -0.39 is 24.5 Å². The van der Waals surface area contributed by atoms with Crippen molar-refractivity contribution >= 4 is 23.8 Å². The molecule has 0 saturated heterocycles. The Bertz CT molecular complexity index is 818. The van der Waals surface area contributed by atoms with E-state index in [2.05, 4.69) is 36.6 Å². The molecule has 0 saturated carbocycles. The van der Waals surface area contributed by atoms with Crippen LogP contribution in [0, 0.1) is 0 Å². The maximum atomic E-state index is 12.6. The molecule has 0 aromatic rings. The lowest BCUT2D eigenvalue weighted by Gasteiger charge is -2.15. The summed E-state index contributed by atoms with van der Waals surface area (Å²) < 4.78 is 5.90. The maximum absolute atomic E-state index is 12.6. The summed E-state index contributed by atoms with van der Waals surface area (Å²) in [5.41, 5.74) is 0. The van der Waals surface area contributed by atoms with Crippen LogP contribution in [0.3, 0.4) is 0 Å². The van der Waals surface area contributed by atoms with E-state index in [0.29, 0.717) is 19.3 Å². The molecule has 274 valence electrons. The lowest BCUT2D eigenvalue weighted by molar-refractivity contribution is -0.147. The molecule has 0 bridgehead atoms. The van der Waals surface area contributed by atoms with Crippen LogP contribution >= 0.6 is 0 Å². The van der Waals surface area contributed by atoms with Crippen LogP contribution in [0.15, 0.2) is 12.2 Å². The quantitative estimate of drug-likeness (QED) is 0.0307. The first-order valence-electron chi connectivity index (χ1n) is 19.1. The van der Waals surface area contributed by atoms with E-state index >= 15 is 0 Å². The zero-order chi connectivity index (χ0) is 34.8. The molecule has 2 unspecified atom stereocenters. The number of esters is 1. The summed E-state index contributed by atoms with van der Waals surface area (Å²) in [6, 6.07) is -1.38. The predicted octanol–water partition coefficient (Wildman–Crippen LogP) is 8.31. The number of amides is 2. The zero-order valence-electron chi connectivity index (χ0n) is 30.0. The fourth-order valence-corrected chi connectivity index (χ4v) is 5.51. The first-order chi connectivity index (χ1) is 22.8. The van der Waals surface area contributed by atoms with Gasteiger partial charge in [-0.3, -0.25) is 14.4 Å². The molecule has 0 aliphatic carbocycles. The van der Waals surface area contributed by atoms with Crippen LogP contribution in [-0.2, 0) is 23.9 Å². The molecule has 0 spiro atoms. The molecule has 9 heteroatoms. The molecule has 0 aliphatic heterocycles. The van der Waals surface area contributed by atoms with Crippen molar-refractivity contribution in [2.24, 2.45) is 0 Å². The average molecular weight is 667 g/mol. The Hall–Kier alpha value is -2.42. The first-order valence-corrected chi connectivity index (χ1v) is 19.1. The maximum Gasteiger partial charge on any atom is 0.328 e. The second-order valence-corrected chi connectivity index (χ2v) is 13.0. The summed E-state index contributed by atoms with van der Waals surface area (Å²) >= 11 is 0. The Morgan fingerprint density at radius 2 is 1.13 bits per heavy atom. The van der Waals surface area contributed by atoms with Crippen LogP contribution < -0.4 is 10.6 Å². The van der Waals surface area contributed by atoms with E-state index in [1.165, 1.54) is 89.9 Å². The zero-order valence-corrected chi connectivity index (χ0v) is 30.0. The molecule has 0 aromatic carbocycles. The number of hydrogen-bond acceptors (Lipinski definition) is 6. The van der Waals surface area contributed by atoms with Gasteiger partial charge in [0.1, 0.15) is 12.1 Å². The monoisotopic (exact) mass is 667 g/mol. The van der Waals surface area contributed by atoms with Crippen LogP contribution in [0.4, 0.5) is 0 Å². The van der Waals surface area contributed by atoms with Crippen LogP contribution in [-0.4, -0.2) is 59.3 Å². The van der Waals surface area contributed by atoms with Gasteiger partial charge in [0.05, 0.1) is 13.2 Å². The van der Waals surface area contributed by atoms with Crippen molar-refractivity contribution in [3.8, 4) is 0 Å². The smallest absolute Gasteiger partial charge is 0.328 e. The fourth-order valence-electron chi connectivity index (χ4n) is 5.51. The second-order valence-electron chi connectivity index (χ2n) is 13.0. The van der Waals surface area contributed by atoms with Gasteiger partial charge in [0.25, 0.3) is 0 Å². The normalized spacial score (nSPS) is 12.6. The van der Waals surface area contributed by atoms with E-state index in [1.54, 1.807) is 0 Å².